The molecule has 0 spiro atoms. The smallest absolute Gasteiger partial charge is 0.306 e. The molecule has 1 N–H and O–H groups in total. The first kappa shape index (κ1) is 20.9. The van der Waals surface area contributed by atoms with Crippen LogP contribution < -0.4 is 10.1 Å². The Balaban J connectivity index is 1.79. The average molecular weight is 437 g/mol. The number of hydrogen-bond donors (Lipinski definition) is 1. The molecule has 1 saturated carbocycles. The zero-order valence-corrected chi connectivity index (χ0v) is 16.6. The van der Waals surface area contributed by atoms with Crippen LogP contribution in [-0.4, -0.2) is 36.9 Å². The third-order valence-corrected chi connectivity index (χ3v) is 4.93. The topological polar surface area (TPSA) is 105 Å². The molecule has 8 heteroatoms. The van der Waals surface area contributed by atoms with E-state index in [4.69, 9.17) is 9.47 Å². The van der Waals surface area contributed by atoms with E-state index in [9.17, 15) is 19.6 Å². The first-order valence-electron chi connectivity index (χ1n) is 8.64. The summed E-state index contributed by atoms with van der Waals surface area (Å²) in [5.41, 5.74) is -0.480. The number of ether oxygens (including phenoxy) is 2. The van der Waals surface area contributed by atoms with Gasteiger partial charge in [0.1, 0.15) is 11.3 Å². The Labute approximate surface area is 166 Å². The van der Waals surface area contributed by atoms with Gasteiger partial charge in [-0.3, -0.25) is 14.4 Å². The fourth-order valence-corrected chi connectivity index (χ4v) is 3.37. The van der Waals surface area contributed by atoms with Gasteiger partial charge in [-0.15, -0.1) is 0 Å². The molecule has 1 aromatic carbocycles. The Bertz CT molecular complexity index is 766. The highest BCUT2D eigenvalue weighted by Crippen LogP contribution is 2.28. The monoisotopic (exact) mass is 436 g/mol. The number of carbonyl (C=O) groups is 3. The molecule has 1 fully saturated rings. The zero-order valence-electron chi connectivity index (χ0n) is 15.0. The molecule has 0 atom stereocenters. The molecule has 1 amide bonds. The number of methoxy groups -OCH3 is 1. The summed E-state index contributed by atoms with van der Waals surface area (Å²) in [6.07, 6.45) is 2.77. The molecular formula is C19H21BrN2O5. The number of nitriles is 1. The highest BCUT2D eigenvalue weighted by atomic mass is 79.9. The fraction of sp³-hybridized carbons (Fsp3) is 0.474. The number of benzene rings is 1. The summed E-state index contributed by atoms with van der Waals surface area (Å²) < 4.78 is 10.8. The minimum Gasteiger partial charge on any atom is -0.496 e. The summed E-state index contributed by atoms with van der Waals surface area (Å²) in [6, 6.07) is 7.18. The van der Waals surface area contributed by atoms with E-state index < -0.39 is 24.0 Å². The van der Waals surface area contributed by atoms with E-state index in [1.807, 2.05) is 0 Å². The number of Topliss-reactive ketones (excluding diaryl/α,β-unsaturated/α-hetero) is 1. The summed E-state index contributed by atoms with van der Waals surface area (Å²) in [7, 11) is 1.46. The molecule has 0 saturated heterocycles. The summed E-state index contributed by atoms with van der Waals surface area (Å²) in [5.74, 6) is -0.991. The van der Waals surface area contributed by atoms with Crippen molar-refractivity contribution in [3.8, 4) is 11.8 Å². The van der Waals surface area contributed by atoms with Gasteiger partial charge >= 0.3 is 5.97 Å². The molecule has 0 aliphatic heterocycles. The number of halogens is 1. The third-order valence-electron chi connectivity index (χ3n) is 4.43. The van der Waals surface area contributed by atoms with Crippen LogP contribution in [0, 0.1) is 11.3 Å². The van der Waals surface area contributed by atoms with Crippen molar-refractivity contribution >= 4 is 33.6 Å². The number of hydrogen-bond acceptors (Lipinski definition) is 6. The van der Waals surface area contributed by atoms with E-state index in [2.05, 4.69) is 27.3 Å². The first-order valence-corrected chi connectivity index (χ1v) is 9.43. The second-order valence-electron chi connectivity index (χ2n) is 6.38. The summed E-state index contributed by atoms with van der Waals surface area (Å²) in [6.45, 7) is -0.462. The number of carbonyl (C=O) groups excluding carboxylic acids is 3. The van der Waals surface area contributed by atoms with Crippen LogP contribution in [0.25, 0.3) is 0 Å². The van der Waals surface area contributed by atoms with Crippen LogP contribution in [0.5, 0.6) is 5.75 Å². The van der Waals surface area contributed by atoms with Crippen LogP contribution >= 0.6 is 15.9 Å². The summed E-state index contributed by atoms with van der Waals surface area (Å²) in [5, 5.41) is 11.9. The van der Waals surface area contributed by atoms with Crippen LogP contribution in [0.1, 0.15) is 48.9 Å². The lowest BCUT2D eigenvalue weighted by atomic mass is 10.00. The molecule has 27 heavy (non-hydrogen) atoms. The van der Waals surface area contributed by atoms with Crippen molar-refractivity contribution in [3.05, 3.63) is 28.2 Å². The Morgan fingerprint density at radius 2 is 1.96 bits per heavy atom. The minimum absolute atomic E-state index is 0.0601. The van der Waals surface area contributed by atoms with Crippen LogP contribution in [0.15, 0.2) is 22.7 Å². The molecule has 0 heterocycles. The predicted molar refractivity (Wildman–Crippen MR) is 100 cm³/mol. The van der Waals surface area contributed by atoms with E-state index in [1.54, 1.807) is 18.2 Å². The van der Waals surface area contributed by atoms with E-state index >= 15 is 0 Å². The van der Waals surface area contributed by atoms with E-state index in [1.165, 1.54) is 7.11 Å². The predicted octanol–water partition coefficient (Wildman–Crippen LogP) is 2.92. The van der Waals surface area contributed by atoms with Gasteiger partial charge < -0.3 is 14.8 Å². The number of esters is 1. The average Bonchev–Trinajstić information content (AvgIpc) is 3.13. The maximum absolute atomic E-state index is 12.3. The molecule has 0 radical (unpaired) electrons. The van der Waals surface area contributed by atoms with Crippen molar-refractivity contribution in [1.82, 2.24) is 5.32 Å². The van der Waals surface area contributed by atoms with Gasteiger partial charge in [-0.25, -0.2) is 0 Å². The third kappa shape index (κ3) is 5.79. The molecule has 7 nitrogen and oxygen atoms in total. The van der Waals surface area contributed by atoms with Gasteiger partial charge in [-0.1, -0.05) is 15.9 Å². The van der Waals surface area contributed by atoms with Gasteiger partial charge in [0, 0.05) is 10.9 Å². The Morgan fingerprint density at radius 3 is 2.59 bits per heavy atom. The summed E-state index contributed by atoms with van der Waals surface area (Å²) in [4.78, 5) is 36.1. The lowest BCUT2D eigenvalue weighted by Gasteiger charge is -2.21. The van der Waals surface area contributed by atoms with Crippen molar-refractivity contribution in [2.75, 3.05) is 13.7 Å². The maximum atomic E-state index is 12.3. The SMILES string of the molecule is COc1ccc(Br)cc1C(=O)CCC(=O)OCC(=O)NC1(C#N)CCCC1. The highest BCUT2D eigenvalue weighted by molar-refractivity contribution is 9.10. The number of amides is 1. The molecular weight excluding hydrogens is 416 g/mol. The number of rotatable bonds is 8. The van der Waals surface area contributed by atoms with Gasteiger partial charge in [-0.2, -0.15) is 5.26 Å². The molecule has 0 unspecified atom stereocenters. The standard InChI is InChI=1S/C19H21BrN2O5/c1-26-16-6-4-13(20)10-14(16)15(23)5-7-18(25)27-11-17(24)22-19(12-21)8-2-3-9-19/h4,6,10H,2-3,5,7-9,11H2,1H3,(H,22,24). The van der Waals surface area contributed by atoms with Gasteiger partial charge in [0.25, 0.3) is 5.91 Å². The van der Waals surface area contributed by atoms with Crippen molar-refractivity contribution < 1.29 is 23.9 Å². The molecule has 1 aliphatic carbocycles. The van der Waals surface area contributed by atoms with Gasteiger partial charge in [-0.05, 0) is 43.9 Å². The van der Waals surface area contributed by atoms with Crippen LogP contribution in [0.2, 0.25) is 0 Å². The van der Waals surface area contributed by atoms with Crippen molar-refractivity contribution in [3.63, 3.8) is 0 Å². The van der Waals surface area contributed by atoms with Crippen molar-refractivity contribution in [2.24, 2.45) is 0 Å². The molecule has 0 bridgehead atoms. The van der Waals surface area contributed by atoms with E-state index in [0.29, 0.717) is 24.2 Å². The largest absolute Gasteiger partial charge is 0.496 e. The van der Waals surface area contributed by atoms with Crippen molar-refractivity contribution in [2.45, 2.75) is 44.1 Å². The number of nitrogens with one attached hydrogen (secondary N) is 1. The highest BCUT2D eigenvalue weighted by Gasteiger charge is 2.35. The van der Waals surface area contributed by atoms with Crippen molar-refractivity contribution in [1.29, 1.82) is 5.26 Å². The van der Waals surface area contributed by atoms with Gasteiger partial charge in [0.15, 0.2) is 12.4 Å². The molecule has 1 aliphatic rings. The second kappa shape index (κ2) is 9.51. The lowest BCUT2D eigenvalue weighted by Crippen LogP contribution is -2.46. The number of nitrogens with zero attached hydrogens (tertiary/aromatic N) is 1. The van der Waals surface area contributed by atoms with Crippen LogP contribution in [-0.2, 0) is 14.3 Å². The normalized spacial score (nSPS) is 14.9. The Hall–Kier alpha value is -2.40. The maximum Gasteiger partial charge on any atom is 0.306 e. The zero-order chi connectivity index (χ0) is 19.9. The molecule has 1 aromatic rings. The van der Waals surface area contributed by atoms with E-state index in [0.717, 1.165) is 17.3 Å². The second-order valence-corrected chi connectivity index (χ2v) is 7.29. The van der Waals surface area contributed by atoms with E-state index in [-0.39, 0.29) is 18.6 Å². The molecule has 144 valence electrons. The first-order chi connectivity index (χ1) is 12.9. The Kier molecular flexibility index (Phi) is 7.36. The van der Waals surface area contributed by atoms with Crippen LogP contribution in [0.4, 0.5) is 0 Å². The Morgan fingerprint density at radius 1 is 1.26 bits per heavy atom. The quantitative estimate of drug-likeness (QED) is 0.495. The lowest BCUT2D eigenvalue weighted by molar-refractivity contribution is -0.148. The van der Waals surface area contributed by atoms with Gasteiger partial charge in [0.2, 0.25) is 0 Å². The molecule has 2 rings (SSSR count). The number of ketones is 1. The minimum atomic E-state index is -0.850. The van der Waals surface area contributed by atoms with Gasteiger partial charge in [0.05, 0.1) is 25.2 Å². The summed E-state index contributed by atoms with van der Waals surface area (Å²) >= 11 is 3.29. The molecule has 0 aromatic heterocycles. The fourth-order valence-electron chi connectivity index (χ4n) is 3.01. The van der Waals surface area contributed by atoms with Crippen LogP contribution in [0.3, 0.4) is 0 Å².